The van der Waals surface area contributed by atoms with Gasteiger partial charge in [0.05, 0.1) is 0 Å². The molecule has 1 atom stereocenters. The first-order chi connectivity index (χ1) is 15.3. The van der Waals surface area contributed by atoms with Gasteiger partial charge in [0.1, 0.15) is 0 Å². The van der Waals surface area contributed by atoms with Crippen LogP contribution in [0.5, 0.6) is 0 Å². The highest BCUT2D eigenvalue weighted by Gasteiger charge is 2.42. The molecule has 0 fully saturated rings. The molecular weight excluding hydrogens is 386 g/mol. The minimum Gasteiger partial charge on any atom is -0.355 e. The number of benzene rings is 2. The third-order valence-electron chi connectivity index (χ3n) is 6.66. The summed E-state index contributed by atoms with van der Waals surface area (Å²) in [4.78, 5) is 16.8. The normalized spacial score (nSPS) is 20.7. The fraction of sp³-hybridized carbons (Fsp3) is 0.192. The number of nitrogens with zero attached hydrogens (tertiary/aromatic N) is 2. The van der Waals surface area contributed by atoms with Crippen molar-refractivity contribution in [1.82, 2.24) is 15.5 Å². The van der Waals surface area contributed by atoms with Crippen LogP contribution in [0.1, 0.15) is 51.0 Å². The minimum absolute atomic E-state index is 0.202. The van der Waals surface area contributed by atoms with Crippen LogP contribution in [-0.4, -0.2) is 22.6 Å². The van der Waals surface area contributed by atoms with E-state index < -0.39 is 0 Å². The zero-order chi connectivity index (χ0) is 20.8. The number of hydrogen-bond donors (Lipinski definition) is 1. The zero-order valence-electron chi connectivity index (χ0n) is 16.9. The highest BCUT2D eigenvalue weighted by Crippen LogP contribution is 2.55. The Kier molecular flexibility index (Phi) is 4.20. The van der Waals surface area contributed by atoms with E-state index >= 15 is 0 Å². The van der Waals surface area contributed by atoms with Crippen LogP contribution in [-0.2, 0) is 0 Å². The number of aromatic nitrogens is 2. The molecule has 5 heteroatoms. The van der Waals surface area contributed by atoms with Crippen molar-refractivity contribution in [3.63, 3.8) is 0 Å². The van der Waals surface area contributed by atoms with Crippen LogP contribution in [0, 0.1) is 5.92 Å². The quantitative estimate of drug-likeness (QED) is 0.529. The largest absolute Gasteiger partial charge is 0.355 e. The molecular formula is C26H21N3O2. The van der Waals surface area contributed by atoms with Crippen LogP contribution in [0.15, 0.2) is 83.6 Å². The number of amides is 1. The lowest BCUT2D eigenvalue weighted by Crippen LogP contribution is -2.39. The average molecular weight is 407 g/mol. The summed E-state index contributed by atoms with van der Waals surface area (Å²) >= 11 is 0. The second-order valence-corrected chi connectivity index (χ2v) is 8.31. The van der Waals surface area contributed by atoms with Gasteiger partial charge in [-0.3, -0.25) is 9.78 Å². The molecule has 3 aliphatic rings. The van der Waals surface area contributed by atoms with Crippen LogP contribution in [0.25, 0.3) is 11.3 Å². The van der Waals surface area contributed by atoms with E-state index in [2.05, 4.69) is 64.0 Å². The van der Waals surface area contributed by atoms with Crippen LogP contribution in [0.2, 0.25) is 0 Å². The lowest BCUT2D eigenvalue weighted by molar-refractivity contribution is 0.0934. The van der Waals surface area contributed by atoms with Crippen LogP contribution in [0.4, 0.5) is 0 Å². The van der Waals surface area contributed by atoms with Gasteiger partial charge in [0.15, 0.2) is 11.5 Å². The molecule has 3 aliphatic carbocycles. The van der Waals surface area contributed by atoms with E-state index in [-0.39, 0.29) is 5.91 Å². The molecule has 2 aromatic heterocycles. The van der Waals surface area contributed by atoms with Crippen molar-refractivity contribution >= 4 is 5.91 Å². The highest BCUT2D eigenvalue weighted by atomic mass is 16.5. The maximum absolute atomic E-state index is 12.8. The van der Waals surface area contributed by atoms with Crippen molar-refractivity contribution in [2.45, 2.75) is 18.3 Å². The van der Waals surface area contributed by atoms with Crippen LogP contribution in [0.3, 0.4) is 0 Å². The first kappa shape index (κ1) is 18.1. The highest BCUT2D eigenvalue weighted by molar-refractivity contribution is 5.93. The number of rotatable bonds is 4. The lowest BCUT2D eigenvalue weighted by Gasteiger charge is -2.45. The van der Waals surface area contributed by atoms with Gasteiger partial charge in [0.2, 0.25) is 0 Å². The van der Waals surface area contributed by atoms with Gasteiger partial charge in [0.25, 0.3) is 5.91 Å². The topological polar surface area (TPSA) is 68.0 Å². The van der Waals surface area contributed by atoms with E-state index in [1.165, 1.54) is 22.3 Å². The molecule has 0 aliphatic heterocycles. The Bertz CT molecular complexity index is 1220. The van der Waals surface area contributed by atoms with E-state index in [0.717, 1.165) is 12.0 Å². The Morgan fingerprint density at radius 2 is 1.58 bits per heavy atom. The van der Waals surface area contributed by atoms with Gasteiger partial charge in [-0.1, -0.05) is 53.7 Å². The van der Waals surface area contributed by atoms with E-state index in [0.29, 0.717) is 35.8 Å². The monoisotopic (exact) mass is 407 g/mol. The summed E-state index contributed by atoms with van der Waals surface area (Å²) in [7, 11) is 0. The number of fused-ring (bicyclic) bond motifs is 1. The molecule has 0 saturated heterocycles. The SMILES string of the molecule is O=C(NCC1CC2c3ccccc3C1c1ccccc12)c1cc(-c2ccncc2)on1. The van der Waals surface area contributed by atoms with Crippen molar-refractivity contribution in [2.75, 3.05) is 6.54 Å². The number of pyridine rings is 1. The second-order valence-electron chi connectivity index (χ2n) is 8.31. The Hall–Kier alpha value is -3.73. The second kappa shape index (κ2) is 7.20. The Morgan fingerprint density at radius 1 is 0.935 bits per heavy atom. The molecule has 2 heterocycles. The smallest absolute Gasteiger partial charge is 0.273 e. The molecule has 2 aromatic carbocycles. The first-order valence-electron chi connectivity index (χ1n) is 10.6. The molecule has 1 N–H and O–H groups in total. The molecule has 1 amide bonds. The summed E-state index contributed by atoms with van der Waals surface area (Å²) in [6, 6.07) is 22.8. The van der Waals surface area contributed by atoms with Gasteiger partial charge in [-0.05, 0) is 46.7 Å². The number of carbonyl (C=O) groups is 1. The Morgan fingerprint density at radius 3 is 2.26 bits per heavy atom. The standard InChI is InChI=1S/C26H21N3O2/c30-26(23-14-24(31-29-23)16-9-11-27-12-10-16)28-15-17-13-22-18-5-1-3-7-20(18)25(17)21-8-4-2-6-19(21)22/h1-12,14,17,22,25H,13,15H2,(H,28,30). The summed E-state index contributed by atoms with van der Waals surface area (Å²) in [5.74, 6) is 1.41. The number of hydrogen-bond acceptors (Lipinski definition) is 4. The molecule has 1 unspecified atom stereocenters. The molecule has 7 rings (SSSR count). The van der Waals surface area contributed by atoms with Gasteiger partial charge in [0, 0.05) is 42.4 Å². The van der Waals surface area contributed by atoms with Crippen molar-refractivity contribution in [2.24, 2.45) is 5.92 Å². The third kappa shape index (κ3) is 2.96. The van der Waals surface area contributed by atoms with Crippen molar-refractivity contribution < 1.29 is 9.32 Å². The predicted octanol–water partition coefficient (Wildman–Crippen LogP) is 4.76. The molecule has 152 valence electrons. The maximum atomic E-state index is 12.8. The molecule has 4 aromatic rings. The molecule has 2 bridgehead atoms. The Labute approximate surface area is 180 Å². The maximum Gasteiger partial charge on any atom is 0.273 e. The summed E-state index contributed by atoms with van der Waals surface area (Å²) < 4.78 is 5.37. The average Bonchev–Trinajstić information content (AvgIpc) is 3.34. The zero-order valence-corrected chi connectivity index (χ0v) is 16.9. The van der Waals surface area contributed by atoms with Crippen molar-refractivity contribution in [3.05, 3.63) is 107 Å². The summed E-state index contributed by atoms with van der Waals surface area (Å²) in [5, 5.41) is 7.07. The van der Waals surface area contributed by atoms with Gasteiger partial charge < -0.3 is 9.84 Å². The third-order valence-corrected chi connectivity index (χ3v) is 6.66. The van der Waals surface area contributed by atoms with Gasteiger partial charge in [-0.2, -0.15) is 0 Å². The number of carbonyl (C=O) groups excluding carboxylic acids is 1. The van der Waals surface area contributed by atoms with Gasteiger partial charge in [-0.15, -0.1) is 0 Å². The fourth-order valence-electron chi connectivity index (χ4n) is 5.31. The van der Waals surface area contributed by atoms with E-state index in [4.69, 9.17) is 4.52 Å². The predicted molar refractivity (Wildman–Crippen MR) is 117 cm³/mol. The van der Waals surface area contributed by atoms with Gasteiger partial charge in [-0.25, -0.2) is 0 Å². The Balaban J connectivity index is 1.23. The van der Waals surface area contributed by atoms with Crippen LogP contribution >= 0.6 is 0 Å². The summed E-state index contributed by atoms with van der Waals surface area (Å²) in [5.41, 5.74) is 6.82. The van der Waals surface area contributed by atoms with Crippen molar-refractivity contribution in [3.8, 4) is 11.3 Å². The van der Waals surface area contributed by atoms with E-state index in [9.17, 15) is 4.79 Å². The first-order valence-corrected chi connectivity index (χ1v) is 10.6. The molecule has 31 heavy (non-hydrogen) atoms. The minimum atomic E-state index is -0.202. The molecule has 0 saturated carbocycles. The molecule has 5 nitrogen and oxygen atoms in total. The van der Waals surface area contributed by atoms with Gasteiger partial charge >= 0.3 is 0 Å². The fourth-order valence-corrected chi connectivity index (χ4v) is 5.31. The van der Waals surface area contributed by atoms with Crippen molar-refractivity contribution in [1.29, 1.82) is 0 Å². The van der Waals surface area contributed by atoms with Crippen LogP contribution < -0.4 is 5.32 Å². The summed E-state index contributed by atoms with van der Waals surface area (Å²) in [6.45, 7) is 0.611. The molecule has 0 radical (unpaired) electrons. The lowest BCUT2D eigenvalue weighted by atomic mass is 9.59. The van der Waals surface area contributed by atoms with E-state index in [1.54, 1.807) is 18.5 Å². The molecule has 0 spiro atoms. The summed E-state index contributed by atoms with van der Waals surface area (Å²) in [6.07, 6.45) is 4.41. The number of nitrogens with one attached hydrogen (secondary N) is 1. The van der Waals surface area contributed by atoms with E-state index in [1.807, 2.05) is 12.1 Å².